The zero-order chi connectivity index (χ0) is 17.4. The van der Waals surface area contributed by atoms with Crippen molar-refractivity contribution in [2.75, 3.05) is 13.7 Å². The van der Waals surface area contributed by atoms with Gasteiger partial charge in [-0.2, -0.15) is 0 Å². The maximum absolute atomic E-state index is 9.99. The third kappa shape index (κ3) is 4.73. The van der Waals surface area contributed by atoms with Gasteiger partial charge in [0.25, 0.3) is 0 Å². The first-order valence-electron chi connectivity index (χ1n) is 8.47. The van der Waals surface area contributed by atoms with Gasteiger partial charge in [0.2, 0.25) is 0 Å². The maximum atomic E-state index is 9.99. The van der Waals surface area contributed by atoms with Crippen molar-refractivity contribution in [3.63, 3.8) is 0 Å². The number of rotatable bonds is 9. The van der Waals surface area contributed by atoms with Gasteiger partial charge < -0.3 is 20.3 Å². The van der Waals surface area contributed by atoms with Crippen LogP contribution >= 0.6 is 0 Å². The molecule has 0 aliphatic carbocycles. The minimum atomic E-state index is -0.705. The first-order valence-corrected chi connectivity index (χ1v) is 8.47. The molecule has 130 valence electrons. The van der Waals surface area contributed by atoms with Gasteiger partial charge in [-0.25, -0.2) is 0 Å². The fraction of sp³-hybridized carbons (Fsp3) is 0.400. The Morgan fingerprint density at radius 1 is 1.04 bits per heavy atom. The van der Waals surface area contributed by atoms with Crippen molar-refractivity contribution in [1.29, 1.82) is 0 Å². The number of unbranched alkanes of at least 4 members (excludes halogenated alkanes) is 1. The van der Waals surface area contributed by atoms with Gasteiger partial charge in [-0.15, -0.1) is 0 Å². The predicted octanol–water partition coefficient (Wildman–Crippen LogP) is 4.00. The van der Waals surface area contributed by atoms with Gasteiger partial charge in [0.1, 0.15) is 6.10 Å². The fourth-order valence-electron chi connectivity index (χ4n) is 2.63. The van der Waals surface area contributed by atoms with Gasteiger partial charge in [-0.05, 0) is 36.1 Å². The molecule has 2 aromatic rings. The van der Waals surface area contributed by atoms with E-state index in [1.54, 1.807) is 7.11 Å². The van der Waals surface area contributed by atoms with Crippen LogP contribution in [-0.4, -0.2) is 18.8 Å². The molecule has 0 spiro atoms. The summed E-state index contributed by atoms with van der Waals surface area (Å²) in [5, 5.41) is 9.99. The highest BCUT2D eigenvalue weighted by molar-refractivity contribution is 5.44. The quantitative estimate of drug-likeness (QED) is 0.730. The predicted molar refractivity (Wildman–Crippen MR) is 96.3 cm³/mol. The van der Waals surface area contributed by atoms with E-state index in [-0.39, 0.29) is 12.6 Å². The lowest BCUT2D eigenvalue weighted by Gasteiger charge is -2.22. The Kier molecular flexibility index (Phi) is 7.09. The summed E-state index contributed by atoms with van der Waals surface area (Å²) in [6.07, 6.45) is 2.35. The largest absolute Gasteiger partial charge is 0.493 e. The molecule has 0 bridgehead atoms. The minimum absolute atomic E-state index is 0.0506. The number of aliphatic hydroxyl groups is 1. The summed E-state index contributed by atoms with van der Waals surface area (Å²) in [6, 6.07) is 15.6. The Morgan fingerprint density at radius 2 is 1.79 bits per heavy atom. The topological polar surface area (TPSA) is 64.7 Å². The molecule has 2 aromatic carbocycles. The van der Waals surface area contributed by atoms with E-state index in [1.165, 1.54) is 0 Å². The summed E-state index contributed by atoms with van der Waals surface area (Å²) in [5.74, 6) is 1.29. The van der Waals surface area contributed by atoms with E-state index in [9.17, 15) is 5.11 Å². The summed E-state index contributed by atoms with van der Waals surface area (Å²) in [4.78, 5) is 0. The molecule has 2 rings (SSSR count). The summed E-state index contributed by atoms with van der Waals surface area (Å²) in [7, 11) is 1.62. The number of benzene rings is 2. The van der Waals surface area contributed by atoms with E-state index in [1.807, 2.05) is 36.4 Å². The molecule has 0 amide bonds. The maximum Gasteiger partial charge on any atom is 0.162 e. The first-order chi connectivity index (χ1) is 11.7. The highest BCUT2D eigenvalue weighted by atomic mass is 16.5. The zero-order valence-electron chi connectivity index (χ0n) is 14.4. The molecule has 4 nitrogen and oxygen atoms in total. The van der Waals surface area contributed by atoms with Gasteiger partial charge in [-0.1, -0.05) is 49.7 Å². The van der Waals surface area contributed by atoms with E-state index in [2.05, 4.69) is 19.1 Å². The lowest BCUT2D eigenvalue weighted by molar-refractivity contribution is 0.175. The van der Waals surface area contributed by atoms with Crippen molar-refractivity contribution in [1.82, 2.24) is 0 Å². The SMILES string of the molecule is CCCCC(Oc1cc(C(O)CN)ccc1OC)c1ccccc1. The molecule has 2 atom stereocenters. The number of hydrogen-bond acceptors (Lipinski definition) is 4. The second-order valence-corrected chi connectivity index (χ2v) is 5.82. The molecule has 0 saturated heterocycles. The first kappa shape index (κ1) is 18.3. The lowest BCUT2D eigenvalue weighted by Crippen LogP contribution is -2.13. The second-order valence-electron chi connectivity index (χ2n) is 5.82. The highest BCUT2D eigenvalue weighted by Gasteiger charge is 2.17. The highest BCUT2D eigenvalue weighted by Crippen LogP contribution is 2.35. The average Bonchev–Trinajstić information content (AvgIpc) is 2.64. The molecule has 0 radical (unpaired) electrons. The van der Waals surface area contributed by atoms with E-state index in [4.69, 9.17) is 15.2 Å². The van der Waals surface area contributed by atoms with Gasteiger partial charge in [0, 0.05) is 6.54 Å². The van der Waals surface area contributed by atoms with Crippen molar-refractivity contribution in [3.8, 4) is 11.5 Å². The Hall–Kier alpha value is -2.04. The van der Waals surface area contributed by atoms with Crippen LogP contribution < -0.4 is 15.2 Å². The summed E-state index contributed by atoms with van der Waals surface area (Å²) < 4.78 is 11.7. The van der Waals surface area contributed by atoms with Crippen molar-refractivity contribution in [3.05, 3.63) is 59.7 Å². The van der Waals surface area contributed by atoms with Crippen LogP contribution in [0.15, 0.2) is 48.5 Å². The summed E-state index contributed by atoms with van der Waals surface area (Å²) >= 11 is 0. The molecule has 0 fully saturated rings. The third-order valence-corrected chi connectivity index (χ3v) is 4.06. The van der Waals surface area contributed by atoms with Gasteiger partial charge in [0.15, 0.2) is 11.5 Å². The van der Waals surface area contributed by atoms with Crippen LogP contribution in [0.25, 0.3) is 0 Å². The van der Waals surface area contributed by atoms with E-state index < -0.39 is 6.10 Å². The molecule has 0 aromatic heterocycles. The normalized spacial score (nSPS) is 13.3. The van der Waals surface area contributed by atoms with Gasteiger partial charge >= 0.3 is 0 Å². The third-order valence-electron chi connectivity index (χ3n) is 4.06. The van der Waals surface area contributed by atoms with Crippen LogP contribution in [0.5, 0.6) is 11.5 Å². The number of methoxy groups -OCH3 is 1. The van der Waals surface area contributed by atoms with Crippen LogP contribution in [0.4, 0.5) is 0 Å². The van der Waals surface area contributed by atoms with Crippen molar-refractivity contribution in [2.45, 2.75) is 38.4 Å². The fourth-order valence-corrected chi connectivity index (χ4v) is 2.63. The summed E-state index contributed by atoms with van der Waals surface area (Å²) in [5.41, 5.74) is 7.43. The molecular formula is C20H27NO3. The Morgan fingerprint density at radius 3 is 2.42 bits per heavy atom. The van der Waals surface area contributed by atoms with Gasteiger partial charge in [-0.3, -0.25) is 0 Å². The van der Waals surface area contributed by atoms with E-state index in [0.29, 0.717) is 11.5 Å². The van der Waals surface area contributed by atoms with Crippen molar-refractivity contribution >= 4 is 0 Å². The van der Waals surface area contributed by atoms with Crippen molar-refractivity contribution in [2.24, 2.45) is 5.73 Å². The Balaban J connectivity index is 2.29. The van der Waals surface area contributed by atoms with Crippen molar-refractivity contribution < 1.29 is 14.6 Å². The smallest absolute Gasteiger partial charge is 0.162 e. The minimum Gasteiger partial charge on any atom is -0.493 e. The van der Waals surface area contributed by atoms with E-state index in [0.717, 1.165) is 30.4 Å². The van der Waals surface area contributed by atoms with Gasteiger partial charge in [0.05, 0.1) is 13.2 Å². The van der Waals surface area contributed by atoms with E-state index >= 15 is 0 Å². The monoisotopic (exact) mass is 329 g/mol. The Bertz CT molecular complexity index is 616. The number of hydrogen-bond donors (Lipinski definition) is 2. The molecule has 0 saturated carbocycles. The average molecular weight is 329 g/mol. The summed E-state index contributed by atoms with van der Waals surface area (Å²) in [6.45, 7) is 2.34. The zero-order valence-corrected chi connectivity index (χ0v) is 14.4. The molecule has 2 unspecified atom stereocenters. The van der Waals surface area contributed by atoms with Crippen LogP contribution in [0.2, 0.25) is 0 Å². The van der Waals surface area contributed by atoms with Crippen LogP contribution in [0.3, 0.4) is 0 Å². The number of aliphatic hydroxyl groups excluding tert-OH is 1. The molecular weight excluding hydrogens is 302 g/mol. The van der Waals surface area contributed by atoms with Crippen LogP contribution in [0, 0.1) is 0 Å². The molecule has 24 heavy (non-hydrogen) atoms. The number of ether oxygens (including phenoxy) is 2. The standard InChI is InChI=1S/C20H27NO3/c1-3-4-10-18(15-8-6-5-7-9-15)24-20-13-16(17(22)14-21)11-12-19(20)23-2/h5-9,11-13,17-18,22H,3-4,10,14,21H2,1-2H3. The molecule has 3 N–H and O–H groups in total. The molecule has 4 heteroatoms. The number of nitrogens with two attached hydrogens (primary N) is 1. The molecule has 0 heterocycles. The van der Waals surface area contributed by atoms with Crippen LogP contribution in [0.1, 0.15) is 49.5 Å². The molecule has 0 aliphatic rings. The lowest BCUT2D eigenvalue weighted by atomic mass is 10.0. The van der Waals surface area contributed by atoms with Crippen LogP contribution in [-0.2, 0) is 0 Å². The second kappa shape index (κ2) is 9.30. The molecule has 0 aliphatic heterocycles. The Labute approximate surface area is 144 Å².